The summed E-state index contributed by atoms with van der Waals surface area (Å²) in [6.07, 6.45) is 1.36. The van der Waals surface area contributed by atoms with E-state index in [0.29, 0.717) is 34.6 Å². The molecule has 1 atom stereocenters. The Hall–Kier alpha value is -1.29. The van der Waals surface area contributed by atoms with E-state index >= 15 is 0 Å². The molecule has 1 aliphatic heterocycles. The van der Waals surface area contributed by atoms with Crippen molar-refractivity contribution in [1.82, 2.24) is 9.29 Å². The number of amides is 1. The summed E-state index contributed by atoms with van der Waals surface area (Å²) in [6, 6.07) is 3.45. The van der Waals surface area contributed by atoms with Gasteiger partial charge in [-0.2, -0.15) is 4.31 Å². The Bertz CT molecular complexity index is 886. The number of piperidine rings is 1. The van der Waals surface area contributed by atoms with Crippen LogP contribution in [0, 0.1) is 12.8 Å². The number of hydrogen-bond acceptors (Lipinski definition) is 6. The summed E-state index contributed by atoms with van der Waals surface area (Å²) in [5.74, 6) is -0.204. The van der Waals surface area contributed by atoms with Crippen LogP contribution in [-0.2, 0) is 14.8 Å². The number of thiazole rings is 1. The van der Waals surface area contributed by atoms with Crippen molar-refractivity contribution in [3.05, 3.63) is 28.1 Å². The maximum Gasteiger partial charge on any atom is 0.252 e. The summed E-state index contributed by atoms with van der Waals surface area (Å²) in [5.41, 5.74) is 0.950. The lowest BCUT2D eigenvalue weighted by Crippen LogP contribution is -2.43. The number of carbonyl (C=O) groups is 1. The van der Waals surface area contributed by atoms with Crippen molar-refractivity contribution in [3.63, 3.8) is 0 Å². The van der Waals surface area contributed by atoms with Crippen LogP contribution >= 0.6 is 22.7 Å². The molecule has 1 amide bonds. The summed E-state index contributed by atoms with van der Waals surface area (Å²) in [5, 5.41) is 5.37. The smallest absolute Gasteiger partial charge is 0.252 e. The molecule has 0 spiro atoms. The van der Waals surface area contributed by atoms with Crippen molar-refractivity contribution in [2.75, 3.05) is 18.4 Å². The van der Waals surface area contributed by atoms with Crippen molar-refractivity contribution in [1.29, 1.82) is 0 Å². The first-order chi connectivity index (χ1) is 12.3. The second-order valence-electron chi connectivity index (χ2n) is 6.79. The molecule has 142 valence electrons. The monoisotopic (exact) mass is 413 g/mol. The van der Waals surface area contributed by atoms with Crippen LogP contribution in [0.4, 0.5) is 5.13 Å². The third-order valence-electron chi connectivity index (χ3n) is 4.41. The minimum Gasteiger partial charge on any atom is -0.302 e. The normalized spacial score (nSPS) is 19.0. The number of nitrogens with one attached hydrogen (secondary N) is 1. The molecule has 2 aromatic heterocycles. The highest BCUT2D eigenvalue weighted by atomic mass is 32.2. The van der Waals surface area contributed by atoms with Crippen LogP contribution in [0.1, 0.15) is 43.2 Å². The zero-order valence-electron chi connectivity index (χ0n) is 15.1. The molecule has 2 aromatic rings. The third kappa shape index (κ3) is 4.16. The molecule has 1 fully saturated rings. The second kappa shape index (κ2) is 7.75. The van der Waals surface area contributed by atoms with Crippen molar-refractivity contribution in [3.8, 4) is 0 Å². The molecule has 0 aliphatic carbocycles. The topological polar surface area (TPSA) is 79.4 Å². The summed E-state index contributed by atoms with van der Waals surface area (Å²) >= 11 is 2.67. The molecule has 0 aromatic carbocycles. The average Bonchev–Trinajstić information content (AvgIpc) is 3.24. The minimum atomic E-state index is -3.53. The standard InChI is InChI=1S/C17H23N3O3S3/c1-11(2)14-10-24-17(18-14)19-16(21)13-5-4-8-20(9-13)26(22,23)15-7-6-12(3)25-15/h6-7,10-11,13H,4-5,8-9H2,1-3H3,(H,18,19,21). The number of rotatable bonds is 5. The van der Waals surface area contributed by atoms with E-state index in [1.54, 1.807) is 12.1 Å². The summed E-state index contributed by atoms with van der Waals surface area (Å²) < 4.78 is 27.4. The Morgan fingerprint density at radius 1 is 1.38 bits per heavy atom. The average molecular weight is 414 g/mol. The fourth-order valence-corrected chi connectivity index (χ4v) is 6.71. The van der Waals surface area contributed by atoms with Crippen LogP contribution in [0.3, 0.4) is 0 Å². The largest absolute Gasteiger partial charge is 0.302 e. The van der Waals surface area contributed by atoms with Gasteiger partial charge >= 0.3 is 0 Å². The maximum absolute atomic E-state index is 12.8. The molecule has 9 heteroatoms. The van der Waals surface area contributed by atoms with E-state index in [2.05, 4.69) is 24.1 Å². The number of nitrogens with zero attached hydrogens (tertiary/aromatic N) is 2. The van der Waals surface area contributed by atoms with Crippen LogP contribution in [0.25, 0.3) is 0 Å². The molecule has 0 saturated carbocycles. The van der Waals surface area contributed by atoms with Gasteiger partial charge in [0.15, 0.2) is 5.13 Å². The number of aryl methyl sites for hydroxylation is 1. The van der Waals surface area contributed by atoms with Gasteiger partial charge in [0.05, 0.1) is 11.6 Å². The van der Waals surface area contributed by atoms with Gasteiger partial charge in [0.1, 0.15) is 4.21 Å². The van der Waals surface area contributed by atoms with Gasteiger partial charge in [-0.15, -0.1) is 22.7 Å². The highest BCUT2D eigenvalue weighted by molar-refractivity contribution is 7.91. The SMILES string of the molecule is Cc1ccc(S(=O)(=O)N2CCCC(C(=O)Nc3nc(C(C)C)cs3)C2)s1. The molecule has 3 rings (SSSR count). The number of anilines is 1. The number of hydrogen-bond donors (Lipinski definition) is 1. The van der Waals surface area contributed by atoms with E-state index in [9.17, 15) is 13.2 Å². The lowest BCUT2D eigenvalue weighted by molar-refractivity contribution is -0.120. The van der Waals surface area contributed by atoms with Crippen molar-refractivity contribution >= 4 is 43.7 Å². The Balaban J connectivity index is 1.68. The number of sulfonamides is 1. The Morgan fingerprint density at radius 3 is 2.77 bits per heavy atom. The van der Waals surface area contributed by atoms with Gasteiger partial charge in [0.2, 0.25) is 5.91 Å². The summed E-state index contributed by atoms with van der Waals surface area (Å²) in [7, 11) is -3.53. The summed E-state index contributed by atoms with van der Waals surface area (Å²) in [6.45, 7) is 6.66. The van der Waals surface area contributed by atoms with Crippen molar-refractivity contribution < 1.29 is 13.2 Å². The van der Waals surface area contributed by atoms with E-state index in [-0.39, 0.29) is 18.4 Å². The van der Waals surface area contributed by atoms with Gasteiger partial charge in [-0.25, -0.2) is 13.4 Å². The molecule has 3 heterocycles. The van der Waals surface area contributed by atoms with Crippen LogP contribution < -0.4 is 5.32 Å². The molecule has 1 N–H and O–H groups in total. The Labute approximate surface area is 162 Å². The van der Waals surface area contributed by atoms with Crippen LogP contribution in [0.2, 0.25) is 0 Å². The Morgan fingerprint density at radius 2 is 2.15 bits per heavy atom. The second-order valence-corrected chi connectivity index (χ2v) is 11.1. The first-order valence-electron chi connectivity index (χ1n) is 8.60. The van der Waals surface area contributed by atoms with Gasteiger partial charge in [-0.05, 0) is 37.8 Å². The third-order valence-corrected chi connectivity index (χ3v) is 8.52. The van der Waals surface area contributed by atoms with Gasteiger partial charge in [0, 0.05) is 23.3 Å². The molecule has 26 heavy (non-hydrogen) atoms. The Kier molecular flexibility index (Phi) is 5.81. The fraction of sp³-hybridized carbons (Fsp3) is 0.529. The molecule has 1 saturated heterocycles. The molecule has 0 bridgehead atoms. The van der Waals surface area contributed by atoms with Gasteiger partial charge in [-0.3, -0.25) is 4.79 Å². The van der Waals surface area contributed by atoms with E-state index in [1.807, 2.05) is 12.3 Å². The fourth-order valence-electron chi connectivity index (χ4n) is 2.87. The first kappa shape index (κ1) is 19.5. The van der Waals surface area contributed by atoms with Gasteiger partial charge in [0.25, 0.3) is 10.0 Å². The quantitative estimate of drug-likeness (QED) is 0.811. The van der Waals surface area contributed by atoms with E-state index < -0.39 is 10.0 Å². The van der Waals surface area contributed by atoms with Crippen LogP contribution in [0.15, 0.2) is 21.7 Å². The molecular weight excluding hydrogens is 390 g/mol. The van der Waals surface area contributed by atoms with E-state index in [0.717, 1.165) is 10.6 Å². The van der Waals surface area contributed by atoms with Crippen LogP contribution in [-0.4, -0.2) is 36.7 Å². The van der Waals surface area contributed by atoms with E-state index in [4.69, 9.17) is 0 Å². The first-order valence-corrected chi connectivity index (χ1v) is 11.7. The molecule has 1 aliphatic rings. The zero-order chi connectivity index (χ0) is 18.9. The lowest BCUT2D eigenvalue weighted by Gasteiger charge is -2.30. The zero-order valence-corrected chi connectivity index (χ0v) is 17.5. The number of thiophene rings is 1. The lowest BCUT2D eigenvalue weighted by atomic mass is 9.99. The molecule has 6 nitrogen and oxygen atoms in total. The predicted molar refractivity (Wildman–Crippen MR) is 105 cm³/mol. The molecule has 1 unspecified atom stereocenters. The summed E-state index contributed by atoms with van der Waals surface area (Å²) in [4.78, 5) is 18.0. The van der Waals surface area contributed by atoms with E-state index in [1.165, 1.54) is 27.0 Å². The van der Waals surface area contributed by atoms with Gasteiger partial charge < -0.3 is 5.32 Å². The minimum absolute atomic E-state index is 0.156. The van der Waals surface area contributed by atoms with Crippen molar-refractivity contribution in [2.24, 2.45) is 5.92 Å². The number of carbonyl (C=O) groups excluding carboxylic acids is 1. The predicted octanol–water partition coefficient (Wildman–Crippen LogP) is 3.68. The maximum atomic E-state index is 12.8. The van der Waals surface area contributed by atoms with Gasteiger partial charge in [-0.1, -0.05) is 13.8 Å². The highest BCUT2D eigenvalue weighted by Gasteiger charge is 2.34. The van der Waals surface area contributed by atoms with Crippen LogP contribution in [0.5, 0.6) is 0 Å². The molecular formula is C17H23N3O3S3. The molecule has 0 radical (unpaired) electrons. The number of aromatic nitrogens is 1. The van der Waals surface area contributed by atoms with Crippen molar-refractivity contribution in [2.45, 2.75) is 43.7 Å². The highest BCUT2D eigenvalue weighted by Crippen LogP contribution is 2.29.